The number of pyridine rings is 1. The number of benzene rings is 2. The molecule has 0 aliphatic rings. The highest BCUT2D eigenvalue weighted by Gasteiger charge is 2.11. The standard InChI is InChI=1S/C16H13ClN2O/c1-20-15-8-11(17)7-12-13(18)9-14(19-16(12)15)10-5-3-2-4-6-10/h2-9H,1H3,(H2,18,19). The second-order valence-corrected chi connectivity index (χ2v) is 4.90. The third-order valence-electron chi connectivity index (χ3n) is 3.16. The smallest absolute Gasteiger partial charge is 0.146 e. The maximum absolute atomic E-state index is 6.13. The summed E-state index contributed by atoms with van der Waals surface area (Å²) in [4.78, 5) is 4.65. The summed E-state index contributed by atoms with van der Waals surface area (Å²) in [6.07, 6.45) is 0. The molecule has 20 heavy (non-hydrogen) atoms. The van der Waals surface area contributed by atoms with Gasteiger partial charge in [0.15, 0.2) is 0 Å². The largest absolute Gasteiger partial charge is 0.494 e. The highest BCUT2D eigenvalue weighted by atomic mass is 35.5. The summed E-state index contributed by atoms with van der Waals surface area (Å²) in [6.45, 7) is 0. The van der Waals surface area contributed by atoms with Gasteiger partial charge in [-0.3, -0.25) is 0 Å². The van der Waals surface area contributed by atoms with E-state index in [4.69, 9.17) is 22.1 Å². The molecule has 3 rings (SSSR count). The van der Waals surface area contributed by atoms with Crippen LogP contribution in [0.3, 0.4) is 0 Å². The fourth-order valence-corrected chi connectivity index (χ4v) is 2.41. The molecule has 0 spiro atoms. The number of ether oxygens (including phenoxy) is 1. The molecule has 1 aromatic heterocycles. The predicted molar refractivity (Wildman–Crippen MR) is 83.2 cm³/mol. The van der Waals surface area contributed by atoms with Gasteiger partial charge in [0.1, 0.15) is 11.3 Å². The van der Waals surface area contributed by atoms with Crippen LogP contribution in [0.15, 0.2) is 48.5 Å². The molecule has 0 atom stereocenters. The number of halogens is 1. The SMILES string of the molecule is COc1cc(Cl)cc2c(N)cc(-c3ccccc3)nc12. The summed E-state index contributed by atoms with van der Waals surface area (Å²) in [6, 6.07) is 15.3. The van der Waals surface area contributed by atoms with Crippen molar-refractivity contribution in [2.75, 3.05) is 12.8 Å². The number of methoxy groups -OCH3 is 1. The Hall–Kier alpha value is -2.26. The average Bonchev–Trinajstić information content (AvgIpc) is 2.48. The lowest BCUT2D eigenvalue weighted by molar-refractivity contribution is 0.419. The minimum atomic E-state index is 0.579. The first-order chi connectivity index (χ1) is 9.69. The van der Waals surface area contributed by atoms with Crippen LogP contribution in [-0.2, 0) is 0 Å². The lowest BCUT2D eigenvalue weighted by atomic mass is 10.1. The van der Waals surface area contributed by atoms with Crippen molar-refractivity contribution in [3.63, 3.8) is 0 Å². The Morgan fingerprint density at radius 3 is 2.55 bits per heavy atom. The van der Waals surface area contributed by atoms with Gasteiger partial charge in [-0.1, -0.05) is 41.9 Å². The van der Waals surface area contributed by atoms with Crippen LogP contribution in [-0.4, -0.2) is 12.1 Å². The van der Waals surface area contributed by atoms with E-state index >= 15 is 0 Å². The minimum absolute atomic E-state index is 0.579. The lowest BCUT2D eigenvalue weighted by Gasteiger charge is -2.10. The molecular formula is C16H13ClN2O. The van der Waals surface area contributed by atoms with Crippen molar-refractivity contribution in [2.24, 2.45) is 0 Å². The van der Waals surface area contributed by atoms with E-state index < -0.39 is 0 Å². The number of hydrogen-bond donors (Lipinski definition) is 1. The van der Waals surface area contributed by atoms with Crippen LogP contribution in [0, 0.1) is 0 Å². The summed E-state index contributed by atoms with van der Waals surface area (Å²) in [5.74, 6) is 0.622. The van der Waals surface area contributed by atoms with E-state index in [2.05, 4.69) is 4.98 Å². The van der Waals surface area contributed by atoms with Crippen LogP contribution in [0.4, 0.5) is 5.69 Å². The van der Waals surface area contributed by atoms with E-state index in [0.29, 0.717) is 16.5 Å². The molecule has 0 unspecified atom stereocenters. The van der Waals surface area contributed by atoms with E-state index in [0.717, 1.165) is 22.2 Å². The number of nitrogens with zero attached hydrogens (tertiary/aromatic N) is 1. The summed E-state index contributed by atoms with van der Waals surface area (Å²) in [7, 11) is 1.60. The maximum Gasteiger partial charge on any atom is 0.146 e. The van der Waals surface area contributed by atoms with Crippen molar-refractivity contribution in [1.29, 1.82) is 0 Å². The van der Waals surface area contributed by atoms with Gasteiger partial charge in [-0.2, -0.15) is 0 Å². The highest BCUT2D eigenvalue weighted by Crippen LogP contribution is 2.34. The number of anilines is 1. The van der Waals surface area contributed by atoms with Crippen molar-refractivity contribution in [3.8, 4) is 17.0 Å². The fourth-order valence-electron chi connectivity index (χ4n) is 2.20. The van der Waals surface area contributed by atoms with Gasteiger partial charge in [0.2, 0.25) is 0 Å². The van der Waals surface area contributed by atoms with E-state index in [1.165, 1.54) is 0 Å². The predicted octanol–water partition coefficient (Wildman–Crippen LogP) is 4.15. The third kappa shape index (κ3) is 2.17. The number of nitrogen functional groups attached to an aromatic ring is 1. The molecule has 0 fully saturated rings. The molecule has 3 aromatic rings. The Kier molecular flexibility index (Phi) is 3.20. The molecule has 0 radical (unpaired) electrons. The molecule has 0 saturated heterocycles. The lowest BCUT2D eigenvalue weighted by Crippen LogP contribution is -1.95. The van der Waals surface area contributed by atoms with E-state index in [1.54, 1.807) is 19.2 Å². The van der Waals surface area contributed by atoms with E-state index in [9.17, 15) is 0 Å². The van der Waals surface area contributed by atoms with E-state index in [1.807, 2.05) is 36.4 Å². The van der Waals surface area contributed by atoms with Gasteiger partial charge in [0.05, 0.1) is 12.8 Å². The highest BCUT2D eigenvalue weighted by molar-refractivity contribution is 6.31. The van der Waals surface area contributed by atoms with Crippen molar-refractivity contribution >= 4 is 28.2 Å². The Labute approximate surface area is 122 Å². The molecule has 0 aliphatic carbocycles. The first kappa shape index (κ1) is 12.8. The third-order valence-corrected chi connectivity index (χ3v) is 3.38. The molecule has 0 aliphatic heterocycles. The molecular weight excluding hydrogens is 272 g/mol. The van der Waals surface area contributed by atoms with Gasteiger partial charge < -0.3 is 10.5 Å². The topological polar surface area (TPSA) is 48.1 Å². The molecule has 1 heterocycles. The van der Waals surface area contributed by atoms with E-state index in [-0.39, 0.29) is 0 Å². The van der Waals surface area contributed by atoms with Gasteiger partial charge in [-0.05, 0) is 12.1 Å². The normalized spacial score (nSPS) is 10.7. The molecule has 0 amide bonds. The number of nitrogens with two attached hydrogens (primary N) is 1. The summed E-state index contributed by atoms with van der Waals surface area (Å²) >= 11 is 6.07. The molecule has 2 aromatic carbocycles. The first-order valence-electron chi connectivity index (χ1n) is 6.18. The zero-order valence-electron chi connectivity index (χ0n) is 10.9. The second-order valence-electron chi connectivity index (χ2n) is 4.47. The van der Waals surface area contributed by atoms with Gasteiger partial charge in [0.25, 0.3) is 0 Å². The Balaban J connectivity index is 2.31. The zero-order valence-corrected chi connectivity index (χ0v) is 11.7. The maximum atomic E-state index is 6.13. The Morgan fingerprint density at radius 2 is 1.85 bits per heavy atom. The van der Waals surface area contributed by atoms with Gasteiger partial charge >= 0.3 is 0 Å². The summed E-state index contributed by atoms with van der Waals surface area (Å²) < 4.78 is 5.35. The Bertz CT molecular complexity index is 772. The molecule has 2 N–H and O–H groups in total. The molecule has 4 heteroatoms. The van der Waals surface area contributed by atoms with Crippen molar-refractivity contribution in [1.82, 2.24) is 4.98 Å². The second kappa shape index (κ2) is 5.02. The van der Waals surface area contributed by atoms with Crippen LogP contribution in [0.1, 0.15) is 0 Å². The quantitative estimate of drug-likeness (QED) is 0.769. The first-order valence-corrected chi connectivity index (χ1v) is 6.56. The van der Waals surface area contributed by atoms with Crippen molar-refractivity contribution < 1.29 is 4.74 Å². The number of fused-ring (bicyclic) bond motifs is 1. The minimum Gasteiger partial charge on any atom is -0.494 e. The van der Waals surface area contributed by atoms with Crippen LogP contribution in [0.2, 0.25) is 5.02 Å². The molecule has 0 bridgehead atoms. The van der Waals surface area contributed by atoms with Crippen molar-refractivity contribution in [3.05, 3.63) is 53.6 Å². The molecule has 100 valence electrons. The van der Waals surface area contributed by atoms with Crippen LogP contribution < -0.4 is 10.5 Å². The van der Waals surface area contributed by atoms with Crippen LogP contribution in [0.25, 0.3) is 22.2 Å². The molecule has 0 saturated carbocycles. The number of aromatic nitrogens is 1. The van der Waals surface area contributed by atoms with Crippen molar-refractivity contribution in [2.45, 2.75) is 0 Å². The van der Waals surface area contributed by atoms with Gasteiger partial charge in [-0.25, -0.2) is 4.98 Å². The number of rotatable bonds is 2. The zero-order chi connectivity index (χ0) is 14.1. The monoisotopic (exact) mass is 284 g/mol. The van der Waals surface area contributed by atoms with Crippen LogP contribution >= 0.6 is 11.6 Å². The number of hydrogen-bond acceptors (Lipinski definition) is 3. The average molecular weight is 285 g/mol. The summed E-state index contributed by atoms with van der Waals surface area (Å²) in [5.41, 5.74) is 9.31. The molecule has 3 nitrogen and oxygen atoms in total. The van der Waals surface area contributed by atoms with Gasteiger partial charge in [-0.15, -0.1) is 0 Å². The van der Waals surface area contributed by atoms with Gasteiger partial charge in [0, 0.05) is 27.7 Å². The Morgan fingerprint density at radius 1 is 1.10 bits per heavy atom. The van der Waals surface area contributed by atoms with Crippen LogP contribution in [0.5, 0.6) is 5.75 Å². The fraction of sp³-hybridized carbons (Fsp3) is 0.0625. The summed E-state index contributed by atoms with van der Waals surface area (Å²) in [5, 5.41) is 1.38.